The highest BCUT2D eigenvalue weighted by Crippen LogP contribution is 2.17. The zero-order valence-corrected chi connectivity index (χ0v) is 13.6. The molecular formula is C18H19NO2S. The van der Waals surface area contributed by atoms with Gasteiger partial charge in [0, 0.05) is 17.0 Å². The molecule has 1 amide bonds. The number of Topliss-reactive ketones (excluding diaryl/α,β-unsaturated/α-hetero) is 1. The van der Waals surface area contributed by atoms with Gasteiger partial charge in [0.05, 0.1) is 5.75 Å². The van der Waals surface area contributed by atoms with Crippen LogP contribution in [0.15, 0.2) is 48.5 Å². The van der Waals surface area contributed by atoms with Crippen molar-refractivity contribution in [2.45, 2.75) is 19.6 Å². The van der Waals surface area contributed by atoms with Crippen LogP contribution in [0.25, 0.3) is 0 Å². The molecule has 0 fully saturated rings. The van der Waals surface area contributed by atoms with Crippen molar-refractivity contribution in [2.75, 3.05) is 11.1 Å². The fraction of sp³-hybridized carbons (Fsp3) is 0.222. The maximum Gasteiger partial charge on any atom is 0.234 e. The van der Waals surface area contributed by atoms with Crippen molar-refractivity contribution in [1.82, 2.24) is 0 Å². The summed E-state index contributed by atoms with van der Waals surface area (Å²) in [4.78, 5) is 23.3. The zero-order valence-electron chi connectivity index (χ0n) is 12.8. The number of benzene rings is 2. The van der Waals surface area contributed by atoms with E-state index in [2.05, 4.69) is 24.4 Å². The van der Waals surface area contributed by atoms with Gasteiger partial charge in [-0.15, -0.1) is 11.8 Å². The molecule has 0 bridgehead atoms. The molecule has 0 aliphatic heterocycles. The summed E-state index contributed by atoms with van der Waals surface area (Å²) in [5, 5.41) is 2.83. The van der Waals surface area contributed by atoms with Gasteiger partial charge in [0.25, 0.3) is 0 Å². The van der Waals surface area contributed by atoms with Crippen molar-refractivity contribution in [3.63, 3.8) is 0 Å². The minimum Gasteiger partial charge on any atom is -0.325 e. The van der Waals surface area contributed by atoms with Crippen molar-refractivity contribution in [3.8, 4) is 0 Å². The van der Waals surface area contributed by atoms with Crippen molar-refractivity contribution in [1.29, 1.82) is 0 Å². The fourth-order valence-electron chi connectivity index (χ4n) is 2.04. The highest BCUT2D eigenvalue weighted by atomic mass is 32.2. The molecule has 1 N–H and O–H groups in total. The average Bonchev–Trinajstić information content (AvgIpc) is 2.49. The number of thioether (sulfide) groups is 1. The minimum atomic E-state index is -0.0562. The molecule has 22 heavy (non-hydrogen) atoms. The van der Waals surface area contributed by atoms with Crippen LogP contribution in [0.1, 0.15) is 28.4 Å². The molecule has 3 nitrogen and oxygen atoms in total. The highest BCUT2D eigenvalue weighted by molar-refractivity contribution is 7.99. The third-order valence-corrected chi connectivity index (χ3v) is 4.29. The number of carbonyl (C=O) groups is 2. The molecule has 2 aromatic carbocycles. The van der Waals surface area contributed by atoms with E-state index in [0.717, 1.165) is 5.75 Å². The fourth-order valence-corrected chi connectivity index (χ4v) is 2.94. The summed E-state index contributed by atoms with van der Waals surface area (Å²) in [6, 6.07) is 15.2. The molecule has 0 saturated heterocycles. The molecule has 2 rings (SSSR count). The van der Waals surface area contributed by atoms with Gasteiger partial charge in [0.2, 0.25) is 5.91 Å². The Bertz CT molecular complexity index is 682. The lowest BCUT2D eigenvalue weighted by molar-refractivity contribution is -0.113. The van der Waals surface area contributed by atoms with Crippen LogP contribution >= 0.6 is 11.8 Å². The van der Waals surface area contributed by atoms with Crippen molar-refractivity contribution in [2.24, 2.45) is 0 Å². The topological polar surface area (TPSA) is 46.2 Å². The lowest BCUT2D eigenvalue weighted by atomic mass is 10.1. The van der Waals surface area contributed by atoms with E-state index in [1.165, 1.54) is 18.1 Å². The summed E-state index contributed by atoms with van der Waals surface area (Å²) in [6.45, 7) is 3.59. The third-order valence-electron chi connectivity index (χ3n) is 3.30. The molecule has 2 aromatic rings. The smallest absolute Gasteiger partial charge is 0.234 e. The number of ketones is 1. The first-order valence-electron chi connectivity index (χ1n) is 7.09. The van der Waals surface area contributed by atoms with Gasteiger partial charge >= 0.3 is 0 Å². The Kier molecular flexibility index (Phi) is 5.78. The van der Waals surface area contributed by atoms with Crippen LogP contribution in [-0.2, 0) is 10.5 Å². The second-order valence-corrected chi connectivity index (χ2v) is 6.09. The second-order valence-electron chi connectivity index (χ2n) is 5.10. The van der Waals surface area contributed by atoms with Gasteiger partial charge in [0.15, 0.2) is 5.78 Å². The molecule has 0 saturated carbocycles. The number of carbonyl (C=O) groups excluding carboxylic acids is 2. The summed E-state index contributed by atoms with van der Waals surface area (Å²) in [6.07, 6.45) is 0. The van der Waals surface area contributed by atoms with Crippen LogP contribution in [0, 0.1) is 6.92 Å². The van der Waals surface area contributed by atoms with E-state index in [9.17, 15) is 9.59 Å². The largest absolute Gasteiger partial charge is 0.325 e. The first kappa shape index (κ1) is 16.3. The van der Waals surface area contributed by atoms with E-state index in [0.29, 0.717) is 17.0 Å². The van der Waals surface area contributed by atoms with Gasteiger partial charge in [0.1, 0.15) is 0 Å². The molecule has 0 spiro atoms. The summed E-state index contributed by atoms with van der Waals surface area (Å²) in [5.74, 6) is 1.14. The average molecular weight is 313 g/mol. The zero-order chi connectivity index (χ0) is 15.9. The molecule has 0 aromatic heterocycles. The standard InChI is InChI=1S/C18H19NO2S/c1-13-6-3-4-7-16(13)11-22-12-18(21)19-17-9-5-8-15(10-17)14(2)20/h3-10H,11-12H2,1-2H3,(H,19,21). The van der Waals surface area contributed by atoms with E-state index in [-0.39, 0.29) is 11.7 Å². The first-order chi connectivity index (χ1) is 10.6. The third kappa shape index (κ3) is 4.74. The minimum absolute atomic E-state index is 0.00923. The lowest BCUT2D eigenvalue weighted by Gasteiger charge is -2.07. The SMILES string of the molecule is CC(=O)c1cccc(NC(=O)CSCc2ccccc2C)c1. The molecule has 114 valence electrons. The normalized spacial score (nSPS) is 10.3. The lowest BCUT2D eigenvalue weighted by Crippen LogP contribution is -2.14. The Labute approximate surface area is 135 Å². The number of aryl methyl sites for hydroxylation is 1. The van der Waals surface area contributed by atoms with Gasteiger partial charge in [-0.3, -0.25) is 9.59 Å². The van der Waals surface area contributed by atoms with Crippen LogP contribution in [0.2, 0.25) is 0 Å². The maximum atomic E-state index is 12.0. The summed E-state index contributed by atoms with van der Waals surface area (Å²) in [7, 11) is 0. The van der Waals surface area contributed by atoms with Crippen LogP contribution in [0.4, 0.5) is 5.69 Å². The number of anilines is 1. The Balaban J connectivity index is 1.84. The van der Waals surface area contributed by atoms with Gasteiger partial charge in [-0.2, -0.15) is 0 Å². The number of rotatable bonds is 6. The Morgan fingerprint density at radius 1 is 1.09 bits per heavy atom. The Hall–Kier alpha value is -2.07. The molecule has 4 heteroatoms. The number of hydrogen-bond donors (Lipinski definition) is 1. The predicted octanol–water partition coefficient (Wildman–Crippen LogP) is 4.07. The predicted molar refractivity (Wildman–Crippen MR) is 92.4 cm³/mol. The Morgan fingerprint density at radius 2 is 1.86 bits per heavy atom. The summed E-state index contributed by atoms with van der Waals surface area (Å²) >= 11 is 1.58. The molecule has 0 heterocycles. The summed E-state index contributed by atoms with van der Waals surface area (Å²) in [5.41, 5.74) is 3.75. The molecular weight excluding hydrogens is 294 g/mol. The van der Waals surface area contributed by atoms with Crippen LogP contribution < -0.4 is 5.32 Å². The Morgan fingerprint density at radius 3 is 2.59 bits per heavy atom. The van der Waals surface area contributed by atoms with E-state index in [1.807, 2.05) is 12.1 Å². The monoisotopic (exact) mass is 313 g/mol. The van der Waals surface area contributed by atoms with Crippen LogP contribution in [-0.4, -0.2) is 17.4 Å². The van der Waals surface area contributed by atoms with Gasteiger partial charge in [-0.1, -0.05) is 36.4 Å². The van der Waals surface area contributed by atoms with E-state index < -0.39 is 0 Å². The molecule has 0 unspecified atom stereocenters. The van der Waals surface area contributed by atoms with Gasteiger partial charge in [-0.05, 0) is 37.1 Å². The van der Waals surface area contributed by atoms with Crippen LogP contribution in [0.5, 0.6) is 0 Å². The molecule has 0 radical (unpaired) electrons. The maximum absolute atomic E-state index is 12.0. The van der Waals surface area contributed by atoms with Crippen LogP contribution in [0.3, 0.4) is 0 Å². The summed E-state index contributed by atoms with van der Waals surface area (Å²) < 4.78 is 0. The molecule has 0 aliphatic rings. The van der Waals surface area contributed by atoms with Gasteiger partial charge < -0.3 is 5.32 Å². The quantitative estimate of drug-likeness (QED) is 0.818. The van der Waals surface area contributed by atoms with E-state index in [4.69, 9.17) is 0 Å². The number of nitrogens with one attached hydrogen (secondary N) is 1. The van der Waals surface area contributed by atoms with E-state index in [1.54, 1.807) is 36.0 Å². The van der Waals surface area contributed by atoms with Gasteiger partial charge in [-0.25, -0.2) is 0 Å². The number of hydrogen-bond acceptors (Lipinski definition) is 3. The number of amides is 1. The van der Waals surface area contributed by atoms with Crippen molar-refractivity contribution < 1.29 is 9.59 Å². The molecule has 0 aliphatic carbocycles. The van der Waals surface area contributed by atoms with E-state index >= 15 is 0 Å². The van der Waals surface area contributed by atoms with Crippen molar-refractivity contribution >= 4 is 29.1 Å². The second kappa shape index (κ2) is 7.80. The van der Waals surface area contributed by atoms with Crippen molar-refractivity contribution in [3.05, 3.63) is 65.2 Å². The highest BCUT2D eigenvalue weighted by Gasteiger charge is 2.06. The molecule has 0 atom stereocenters. The first-order valence-corrected chi connectivity index (χ1v) is 8.25.